The summed E-state index contributed by atoms with van der Waals surface area (Å²) in [4.78, 5) is 17.0. The molecule has 0 atom stereocenters. The fraction of sp³-hybridized carbons (Fsp3) is 0.526. The van der Waals surface area contributed by atoms with E-state index in [2.05, 4.69) is 40.8 Å². The molecule has 4 heteroatoms. The maximum Gasteiger partial charge on any atom is 0.224 e. The Morgan fingerprint density at radius 1 is 1.22 bits per heavy atom. The molecule has 1 fully saturated rings. The van der Waals surface area contributed by atoms with Crippen LogP contribution in [0.2, 0.25) is 0 Å². The third-order valence-corrected chi connectivity index (χ3v) is 5.19. The smallest absolute Gasteiger partial charge is 0.224 e. The van der Waals surface area contributed by atoms with Crippen molar-refractivity contribution in [3.63, 3.8) is 0 Å². The zero-order valence-electron chi connectivity index (χ0n) is 14.2. The van der Waals surface area contributed by atoms with E-state index in [1.807, 2.05) is 24.1 Å². The molecule has 124 valence electrons. The lowest BCUT2D eigenvalue weighted by atomic mass is 10.0. The number of piperidine rings is 1. The first kappa shape index (κ1) is 16.1. The van der Waals surface area contributed by atoms with Crippen LogP contribution in [0.3, 0.4) is 0 Å². The van der Waals surface area contributed by atoms with Crippen molar-refractivity contribution in [2.24, 2.45) is 0 Å². The second-order valence-corrected chi connectivity index (χ2v) is 6.49. The minimum Gasteiger partial charge on any atom is -0.347 e. The summed E-state index contributed by atoms with van der Waals surface area (Å²) < 4.78 is 2.18. The normalized spacial score (nSPS) is 16.8. The molecule has 4 nitrogen and oxygen atoms in total. The van der Waals surface area contributed by atoms with Gasteiger partial charge in [-0.1, -0.05) is 25.1 Å². The molecule has 2 aromatic rings. The van der Waals surface area contributed by atoms with Crippen molar-refractivity contribution in [2.75, 3.05) is 26.7 Å². The first-order valence-electron chi connectivity index (χ1n) is 8.71. The van der Waals surface area contributed by atoms with E-state index in [4.69, 9.17) is 0 Å². The van der Waals surface area contributed by atoms with E-state index in [1.165, 1.54) is 10.9 Å². The summed E-state index contributed by atoms with van der Waals surface area (Å²) in [7, 11) is 1.97. The van der Waals surface area contributed by atoms with Crippen molar-refractivity contribution in [2.45, 2.75) is 38.8 Å². The summed E-state index contributed by atoms with van der Waals surface area (Å²) in [6.07, 6.45) is 4.85. The first-order chi connectivity index (χ1) is 11.2. The van der Waals surface area contributed by atoms with Crippen LogP contribution < -0.4 is 0 Å². The van der Waals surface area contributed by atoms with E-state index >= 15 is 0 Å². The molecular formula is C19H27N3O. The Morgan fingerprint density at radius 2 is 1.96 bits per heavy atom. The standard InChI is InChI=1S/C19H27N3O/c1-3-21-12-9-17(10-13-21)20(2)19(23)11-15-22-14-8-16-6-4-5-7-18(16)22/h4-8,14,17H,3,9-13,15H2,1-2H3. The van der Waals surface area contributed by atoms with E-state index in [1.54, 1.807) is 0 Å². The maximum absolute atomic E-state index is 12.5. The molecule has 1 aliphatic heterocycles. The number of hydrogen-bond acceptors (Lipinski definition) is 2. The number of hydrogen-bond donors (Lipinski definition) is 0. The van der Waals surface area contributed by atoms with Gasteiger partial charge in [-0.25, -0.2) is 0 Å². The molecule has 0 N–H and O–H groups in total. The molecular weight excluding hydrogens is 286 g/mol. The number of fused-ring (bicyclic) bond motifs is 1. The average Bonchev–Trinajstić information content (AvgIpc) is 3.02. The number of para-hydroxylation sites is 1. The molecule has 0 spiro atoms. The number of benzene rings is 1. The van der Waals surface area contributed by atoms with Gasteiger partial charge in [-0.3, -0.25) is 4.79 Å². The summed E-state index contributed by atoms with van der Waals surface area (Å²) in [5.74, 6) is 0.262. The number of nitrogens with zero attached hydrogens (tertiary/aromatic N) is 3. The van der Waals surface area contributed by atoms with Gasteiger partial charge in [0.1, 0.15) is 0 Å². The third kappa shape index (κ3) is 3.58. The van der Waals surface area contributed by atoms with Crippen LogP contribution in [-0.2, 0) is 11.3 Å². The molecule has 1 aromatic heterocycles. The number of aromatic nitrogens is 1. The van der Waals surface area contributed by atoms with Crippen LogP contribution in [-0.4, -0.2) is 53.0 Å². The Bertz CT molecular complexity index is 655. The molecule has 3 rings (SSSR count). The monoisotopic (exact) mass is 313 g/mol. The van der Waals surface area contributed by atoms with Gasteiger partial charge in [-0.2, -0.15) is 0 Å². The number of likely N-dealkylation sites (tertiary alicyclic amines) is 1. The first-order valence-corrected chi connectivity index (χ1v) is 8.71. The van der Waals surface area contributed by atoms with Crippen LogP contribution in [0.15, 0.2) is 36.5 Å². The lowest BCUT2D eigenvalue weighted by molar-refractivity contribution is -0.133. The Labute approximate surface area is 138 Å². The van der Waals surface area contributed by atoms with Gasteiger partial charge < -0.3 is 14.4 Å². The molecule has 1 amide bonds. The molecule has 1 aromatic carbocycles. The van der Waals surface area contributed by atoms with Crippen LogP contribution in [0.4, 0.5) is 0 Å². The zero-order chi connectivity index (χ0) is 16.2. The molecule has 1 saturated heterocycles. The highest BCUT2D eigenvalue weighted by Crippen LogP contribution is 2.18. The van der Waals surface area contributed by atoms with Gasteiger partial charge in [-0.05, 0) is 36.9 Å². The Hall–Kier alpha value is -1.81. The van der Waals surface area contributed by atoms with Crippen molar-refractivity contribution in [1.29, 1.82) is 0 Å². The van der Waals surface area contributed by atoms with Crippen LogP contribution in [0.5, 0.6) is 0 Å². The Balaban J connectivity index is 1.55. The van der Waals surface area contributed by atoms with Crippen molar-refractivity contribution in [3.05, 3.63) is 36.5 Å². The van der Waals surface area contributed by atoms with Crippen LogP contribution in [0.25, 0.3) is 10.9 Å². The number of rotatable bonds is 5. The third-order valence-electron chi connectivity index (χ3n) is 5.19. The van der Waals surface area contributed by atoms with Crippen LogP contribution in [0, 0.1) is 0 Å². The van der Waals surface area contributed by atoms with Crippen molar-refractivity contribution in [3.8, 4) is 0 Å². The number of aryl methyl sites for hydroxylation is 1. The van der Waals surface area contributed by atoms with Gasteiger partial charge in [0.15, 0.2) is 0 Å². The zero-order valence-corrected chi connectivity index (χ0v) is 14.2. The highest BCUT2D eigenvalue weighted by atomic mass is 16.2. The summed E-state index contributed by atoms with van der Waals surface area (Å²) in [5, 5.41) is 1.24. The van der Waals surface area contributed by atoms with Crippen molar-refractivity contribution < 1.29 is 4.79 Å². The van der Waals surface area contributed by atoms with Crippen LogP contribution in [0.1, 0.15) is 26.2 Å². The SMILES string of the molecule is CCN1CCC(N(C)C(=O)CCn2ccc3ccccc32)CC1. The second kappa shape index (κ2) is 7.18. The summed E-state index contributed by atoms with van der Waals surface area (Å²) in [5.41, 5.74) is 1.21. The summed E-state index contributed by atoms with van der Waals surface area (Å²) in [6.45, 7) is 6.30. The average molecular weight is 313 g/mol. The molecule has 23 heavy (non-hydrogen) atoms. The van der Waals surface area contributed by atoms with E-state index in [9.17, 15) is 4.79 Å². The molecule has 2 heterocycles. The summed E-state index contributed by atoms with van der Waals surface area (Å²) >= 11 is 0. The minimum absolute atomic E-state index is 0.262. The number of amides is 1. The summed E-state index contributed by atoms with van der Waals surface area (Å²) in [6, 6.07) is 10.9. The van der Waals surface area contributed by atoms with Gasteiger partial charge in [0.2, 0.25) is 5.91 Å². The Morgan fingerprint density at radius 3 is 2.70 bits per heavy atom. The van der Waals surface area contributed by atoms with Crippen LogP contribution >= 0.6 is 0 Å². The molecule has 0 unspecified atom stereocenters. The van der Waals surface area contributed by atoms with E-state index in [-0.39, 0.29) is 5.91 Å². The van der Waals surface area contributed by atoms with Crippen molar-refractivity contribution >= 4 is 16.8 Å². The van der Waals surface area contributed by atoms with Gasteiger partial charge >= 0.3 is 0 Å². The minimum atomic E-state index is 0.262. The topological polar surface area (TPSA) is 28.5 Å². The Kier molecular flexibility index (Phi) is 5.01. The van der Waals surface area contributed by atoms with Crippen molar-refractivity contribution in [1.82, 2.24) is 14.4 Å². The molecule has 0 radical (unpaired) electrons. The predicted octanol–water partition coefficient (Wildman–Crippen LogP) is 2.97. The maximum atomic E-state index is 12.5. The second-order valence-electron chi connectivity index (χ2n) is 6.49. The molecule has 0 saturated carbocycles. The largest absolute Gasteiger partial charge is 0.347 e. The predicted molar refractivity (Wildman–Crippen MR) is 94.5 cm³/mol. The fourth-order valence-electron chi connectivity index (χ4n) is 3.55. The van der Waals surface area contributed by atoms with E-state index < -0.39 is 0 Å². The molecule has 0 aliphatic carbocycles. The van der Waals surface area contributed by atoms with Gasteiger partial charge in [0.05, 0.1) is 0 Å². The van der Waals surface area contributed by atoms with Gasteiger partial charge in [0.25, 0.3) is 0 Å². The van der Waals surface area contributed by atoms with Gasteiger partial charge in [-0.15, -0.1) is 0 Å². The highest BCUT2D eigenvalue weighted by Gasteiger charge is 2.24. The van der Waals surface area contributed by atoms with E-state index in [0.717, 1.165) is 39.0 Å². The number of carbonyl (C=O) groups excluding carboxylic acids is 1. The lowest BCUT2D eigenvalue weighted by Crippen LogP contribution is -2.45. The quantitative estimate of drug-likeness (QED) is 0.849. The highest BCUT2D eigenvalue weighted by molar-refractivity contribution is 5.80. The van der Waals surface area contributed by atoms with Gasteiger partial charge in [0, 0.05) is 50.9 Å². The van der Waals surface area contributed by atoms with E-state index in [0.29, 0.717) is 12.5 Å². The molecule has 0 bridgehead atoms. The number of carbonyl (C=O) groups is 1. The lowest BCUT2D eigenvalue weighted by Gasteiger charge is -2.36. The fourth-order valence-corrected chi connectivity index (χ4v) is 3.55. The molecule has 1 aliphatic rings.